The van der Waals surface area contributed by atoms with Crippen molar-refractivity contribution in [2.24, 2.45) is 0 Å². The number of imidazole rings is 1. The molecule has 0 spiro atoms. The molecule has 1 atom stereocenters. The molecule has 0 radical (unpaired) electrons. The average Bonchev–Trinajstić information content (AvgIpc) is 3.23. The highest BCUT2D eigenvalue weighted by Crippen LogP contribution is 2.25. The molecule has 4 rings (SSSR count). The SMILES string of the molecule is O=C(c1ccc(-c2ccccc2)[nH]c1=O)N1CCCC(c2ncc[nH]2)C1. The Morgan fingerprint density at radius 1 is 1.15 bits per heavy atom. The highest BCUT2D eigenvalue weighted by Gasteiger charge is 2.28. The normalized spacial score (nSPS) is 17.2. The van der Waals surface area contributed by atoms with E-state index in [1.54, 1.807) is 29.4 Å². The molecule has 26 heavy (non-hydrogen) atoms. The van der Waals surface area contributed by atoms with Gasteiger partial charge in [-0.1, -0.05) is 30.3 Å². The van der Waals surface area contributed by atoms with Gasteiger partial charge in [0.05, 0.1) is 0 Å². The number of nitrogens with zero attached hydrogens (tertiary/aromatic N) is 2. The first kappa shape index (κ1) is 16.3. The maximum atomic E-state index is 12.9. The lowest BCUT2D eigenvalue weighted by Crippen LogP contribution is -2.41. The Labute approximate surface area is 150 Å². The zero-order valence-corrected chi connectivity index (χ0v) is 14.3. The lowest BCUT2D eigenvalue weighted by Gasteiger charge is -2.31. The van der Waals surface area contributed by atoms with Crippen molar-refractivity contribution < 1.29 is 4.79 Å². The van der Waals surface area contributed by atoms with Crippen LogP contribution in [-0.4, -0.2) is 38.8 Å². The molecule has 0 aliphatic carbocycles. The first-order valence-corrected chi connectivity index (χ1v) is 8.79. The summed E-state index contributed by atoms with van der Waals surface area (Å²) in [5.41, 5.74) is 1.46. The van der Waals surface area contributed by atoms with Crippen molar-refractivity contribution in [3.63, 3.8) is 0 Å². The van der Waals surface area contributed by atoms with Gasteiger partial charge < -0.3 is 14.9 Å². The summed E-state index contributed by atoms with van der Waals surface area (Å²) in [5.74, 6) is 0.864. The molecule has 1 fully saturated rings. The number of hydrogen-bond donors (Lipinski definition) is 2. The number of pyridine rings is 1. The summed E-state index contributed by atoms with van der Waals surface area (Å²) in [5, 5.41) is 0. The van der Waals surface area contributed by atoms with Crippen LogP contribution in [0.2, 0.25) is 0 Å². The minimum absolute atomic E-state index is 0.185. The molecule has 1 aliphatic heterocycles. The summed E-state index contributed by atoms with van der Waals surface area (Å²) in [4.78, 5) is 37.4. The van der Waals surface area contributed by atoms with E-state index in [-0.39, 0.29) is 22.9 Å². The molecule has 3 aromatic rings. The number of piperidine rings is 1. The average molecular weight is 348 g/mol. The molecule has 1 saturated heterocycles. The standard InChI is InChI=1S/C20H20N4O2/c25-19-16(8-9-17(23-19)14-5-2-1-3-6-14)20(26)24-12-4-7-15(13-24)18-21-10-11-22-18/h1-3,5-6,8-11,15H,4,7,12-13H2,(H,21,22)(H,23,25). The molecular formula is C20H20N4O2. The Morgan fingerprint density at radius 2 is 2.00 bits per heavy atom. The van der Waals surface area contributed by atoms with E-state index in [9.17, 15) is 9.59 Å². The Kier molecular flexibility index (Phi) is 4.39. The zero-order valence-electron chi connectivity index (χ0n) is 14.3. The number of amides is 1. The number of benzene rings is 1. The molecule has 2 N–H and O–H groups in total. The van der Waals surface area contributed by atoms with Crippen molar-refractivity contribution in [2.45, 2.75) is 18.8 Å². The molecule has 0 saturated carbocycles. The predicted molar refractivity (Wildman–Crippen MR) is 99.0 cm³/mol. The van der Waals surface area contributed by atoms with Gasteiger partial charge in [-0.05, 0) is 30.5 Å². The van der Waals surface area contributed by atoms with Crippen LogP contribution in [0.3, 0.4) is 0 Å². The van der Waals surface area contributed by atoms with Crippen LogP contribution in [0.4, 0.5) is 0 Å². The molecular weight excluding hydrogens is 328 g/mol. The number of aromatic nitrogens is 3. The third-order valence-corrected chi connectivity index (χ3v) is 4.84. The third kappa shape index (κ3) is 3.18. The van der Waals surface area contributed by atoms with Crippen molar-refractivity contribution in [1.29, 1.82) is 0 Å². The minimum atomic E-state index is -0.350. The van der Waals surface area contributed by atoms with Gasteiger partial charge in [0, 0.05) is 37.1 Å². The first-order valence-electron chi connectivity index (χ1n) is 8.79. The van der Waals surface area contributed by atoms with Crippen molar-refractivity contribution in [1.82, 2.24) is 19.9 Å². The number of carbonyl (C=O) groups is 1. The van der Waals surface area contributed by atoms with Gasteiger partial charge in [0.2, 0.25) is 0 Å². The second-order valence-electron chi connectivity index (χ2n) is 6.55. The van der Waals surface area contributed by atoms with Gasteiger partial charge in [-0.25, -0.2) is 4.98 Å². The van der Waals surface area contributed by atoms with Crippen molar-refractivity contribution in [3.05, 3.63) is 76.6 Å². The van der Waals surface area contributed by atoms with E-state index in [0.29, 0.717) is 18.8 Å². The molecule has 1 amide bonds. The van der Waals surface area contributed by atoms with E-state index in [4.69, 9.17) is 0 Å². The van der Waals surface area contributed by atoms with Crippen molar-refractivity contribution >= 4 is 5.91 Å². The second kappa shape index (κ2) is 7.00. The Hall–Kier alpha value is -3.15. The number of carbonyl (C=O) groups excluding carboxylic acids is 1. The summed E-state index contributed by atoms with van der Waals surface area (Å²) in [6.45, 7) is 1.24. The number of hydrogen-bond acceptors (Lipinski definition) is 3. The molecule has 2 aromatic heterocycles. The highest BCUT2D eigenvalue weighted by molar-refractivity contribution is 5.94. The summed E-state index contributed by atoms with van der Waals surface area (Å²) in [6.07, 6.45) is 5.41. The second-order valence-corrected chi connectivity index (χ2v) is 6.55. The number of nitrogens with one attached hydrogen (secondary N) is 2. The Bertz CT molecular complexity index is 947. The van der Waals surface area contributed by atoms with Crippen LogP contribution in [0.1, 0.15) is 34.9 Å². The number of rotatable bonds is 3. The van der Waals surface area contributed by atoms with Gasteiger partial charge in [-0.2, -0.15) is 0 Å². The fraction of sp³-hybridized carbons (Fsp3) is 0.250. The molecule has 6 nitrogen and oxygen atoms in total. The van der Waals surface area contributed by atoms with Crippen LogP contribution in [0.15, 0.2) is 59.7 Å². The van der Waals surface area contributed by atoms with Gasteiger partial charge in [-0.15, -0.1) is 0 Å². The van der Waals surface area contributed by atoms with E-state index in [0.717, 1.165) is 24.2 Å². The highest BCUT2D eigenvalue weighted by atomic mass is 16.2. The minimum Gasteiger partial charge on any atom is -0.348 e. The molecule has 1 aliphatic rings. The topological polar surface area (TPSA) is 81.8 Å². The van der Waals surface area contributed by atoms with Crippen LogP contribution in [-0.2, 0) is 0 Å². The van der Waals surface area contributed by atoms with Crippen molar-refractivity contribution in [3.8, 4) is 11.3 Å². The fourth-order valence-electron chi connectivity index (χ4n) is 3.48. The van der Waals surface area contributed by atoms with Crippen molar-refractivity contribution in [2.75, 3.05) is 13.1 Å². The van der Waals surface area contributed by atoms with Crippen LogP contribution < -0.4 is 5.56 Å². The zero-order chi connectivity index (χ0) is 17.9. The maximum absolute atomic E-state index is 12.9. The van der Waals surface area contributed by atoms with E-state index in [1.165, 1.54) is 0 Å². The molecule has 6 heteroatoms. The summed E-state index contributed by atoms with van der Waals surface area (Å²) in [7, 11) is 0. The van der Waals surface area contributed by atoms with Crippen LogP contribution >= 0.6 is 0 Å². The van der Waals surface area contributed by atoms with Crippen LogP contribution in [0.5, 0.6) is 0 Å². The summed E-state index contributed by atoms with van der Waals surface area (Å²) >= 11 is 0. The Balaban J connectivity index is 1.55. The predicted octanol–water partition coefficient (Wildman–Crippen LogP) is 2.78. The van der Waals surface area contributed by atoms with Gasteiger partial charge in [0.15, 0.2) is 0 Å². The lowest BCUT2D eigenvalue weighted by molar-refractivity contribution is 0.0703. The molecule has 3 heterocycles. The largest absolute Gasteiger partial charge is 0.348 e. The molecule has 1 aromatic carbocycles. The summed E-state index contributed by atoms with van der Waals surface area (Å²) in [6, 6.07) is 13.0. The quantitative estimate of drug-likeness (QED) is 0.763. The van der Waals surface area contributed by atoms with Gasteiger partial charge >= 0.3 is 0 Å². The lowest BCUT2D eigenvalue weighted by atomic mass is 9.97. The van der Waals surface area contributed by atoms with Gasteiger partial charge in [-0.3, -0.25) is 9.59 Å². The van der Waals surface area contributed by atoms with E-state index in [2.05, 4.69) is 15.0 Å². The van der Waals surface area contributed by atoms with Crippen LogP contribution in [0.25, 0.3) is 11.3 Å². The Morgan fingerprint density at radius 3 is 2.73 bits per heavy atom. The van der Waals surface area contributed by atoms with E-state index < -0.39 is 0 Å². The monoisotopic (exact) mass is 348 g/mol. The number of aromatic amines is 2. The smallest absolute Gasteiger partial charge is 0.261 e. The first-order chi connectivity index (χ1) is 12.7. The molecule has 132 valence electrons. The number of likely N-dealkylation sites (tertiary alicyclic amines) is 1. The summed E-state index contributed by atoms with van der Waals surface area (Å²) < 4.78 is 0. The number of H-pyrrole nitrogens is 2. The third-order valence-electron chi connectivity index (χ3n) is 4.84. The molecule has 1 unspecified atom stereocenters. The fourth-order valence-corrected chi connectivity index (χ4v) is 3.48. The van der Waals surface area contributed by atoms with E-state index >= 15 is 0 Å². The van der Waals surface area contributed by atoms with E-state index in [1.807, 2.05) is 30.3 Å². The van der Waals surface area contributed by atoms with Gasteiger partial charge in [0.25, 0.3) is 11.5 Å². The molecule has 0 bridgehead atoms. The maximum Gasteiger partial charge on any atom is 0.261 e. The van der Waals surface area contributed by atoms with Gasteiger partial charge in [0.1, 0.15) is 11.4 Å². The van der Waals surface area contributed by atoms with Crippen LogP contribution in [0, 0.1) is 0 Å².